The summed E-state index contributed by atoms with van der Waals surface area (Å²) in [4.78, 5) is 17.9. The van der Waals surface area contributed by atoms with Crippen molar-refractivity contribution in [1.82, 2.24) is 9.88 Å². The minimum Gasteiger partial charge on any atom is -0.465 e. The molecule has 2 aromatic carbocycles. The number of benzene rings is 2. The molecule has 0 aliphatic carbocycles. The van der Waals surface area contributed by atoms with Gasteiger partial charge in [-0.1, -0.05) is 24.3 Å². The van der Waals surface area contributed by atoms with E-state index in [0.29, 0.717) is 28.9 Å². The van der Waals surface area contributed by atoms with Gasteiger partial charge in [-0.15, -0.1) is 0 Å². The van der Waals surface area contributed by atoms with Gasteiger partial charge in [-0.05, 0) is 73.3 Å². The normalized spacial score (nSPS) is 14.9. The van der Waals surface area contributed by atoms with Crippen molar-refractivity contribution in [3.8, 4) is 11.6 Å². The number of rotatable bonds is 8. The summed E-state index contributed by atoms with van der Waals surface area (Å²) in [5.74, 6) is 1.34. The van der Waals surface area contributed by atoms with E-state index in [-0.39, 0.29) is 0 Å². The van der Waals surface area contributed by atoms with Crippen LogP contribution in [0.3, 0.4) is 0 Å². The molecule has 4 rings (SSSR count). The van der Waals surface area contributed by atoms with Gasteiger partial charge in [-0.2, -0.15) is 0 Å². The first-order valence-corrected chi connectivity index (χ1v) is 13.2. The van der Waals surface area contributed by atoms with E-state index in [1.807, 2.05) is 36.4 Å². The number of anilines is 2. The van der Waals surface area contributed by atoms with Gasteiger partial charge in [0.2, 0.25) is 15.9 Å². The van der Waals surface area contributed by atoms with Crippen molar-refractivity contribution in [2.75, 3.05) is 29.4 Å². The molecule has 0 bridgehead atoms. The SMILES string of the molecule is CS(=O)(=O)Nc1ccc(Oc2ccc(CN3CCC(c4ccccc4NC(=O)O)CC3)cn2)cc1. The summed E-state index contributed by atoms with van der Waals surface area (Å²) in [5.41, 5.74) is 3.27. The molecule has 3 N–H and O–H groups in total. The van der Waals surface area contributed by atoms with Gasteiger partial charge in [-0.25, -0.2) is 18.2 Å². The Hall–Kier alpha value is -3.63. The van der Waals surface area contributed by atoms with Crippen molar-refractivity contribution in [2.45, 2.75) is 25.3 Å². The van der Waals surface area contributed by atoms with E-state index in [4.69, 9.17) is 9.84 Å². The number of amides is 1. The van der Waals surface area contributed by atoms with Gasteiger partial charge < -0.3 is 9.84 Å². The average Bonchev–Trinajstić information content (AvgIpc) is 2.81. The molecule has 1 saturated heterocycles. The molecule has 1 fully saturated rings. The Labute approximate surface area is 204 Å². The summed E-state index contributed by atoms with van der Waals surface area (Å²) in [7, 11) is -3.32. The fourth-order valence-electron chi connectivity index (χ4n) is 4.23. The largest absolute Gasteiger partial charge is 0.465 e. The zero-order chi connectivity index (χ0) is 24.8. The van der Waals surface area contributed by atoms with Crippen LogP contribution in [0.4, 0.5) is 16.2 Å². The van der Waals surface area contributed by atoms with E-state index >= 15 is 0 Å². The molecule has 1 aromatic heterocycles. The number of hydrogen-bond acceptors (Lipinski definition) is 6. The highest BCUT2D eigenvalue weighted by molar-refractivity contribution is 7.92. The molecule has 1 aliphatic rings. The van der Waals surface area contributed by atoms with Crippen LogP contribution < -0.4 is 14.8 Å². The zero-order valence-electron chi connectivity index (χ0n) is 19.3. The molecule has 9 nitrogen and oxygen atoms in total. The Morgan fingerprint density at radius 2 is 1.80 bits per heavy atom. The molecule has 184 valence electrons. The number of carboxylic acid groups (broad SMARTS) is 1. The zero-order valence-corrected chi connectivity index (χ0v) is 20.2. The molecule has 0 radical (unpaired) electrons. The van der Waals surface area contributed by atoms with Gasteiger partial charge in [0.25, 0.3) is 0 Å². The van der Waals surface area contributed by atoms with Gasteiger partial charge in [0.05, 0.1) is 6.26 Å². The molecule has 0 unspecified atom stereocenters. The maximum Gasteiger partial charge on any atom is 0.409 e. The first-order valence-electron chi connectivity index (χ1n) is 11.3. The average molecular weight is 497 g/mol. The fourth-order valence-corrected chi connectivity index (χ4v) is 4.80. The fraction of sp³-hybridized carbons (Fsp3) is 0.280. The minimum absolute atomic E-state index is 0.322. The van der Waals surface area contributed by atoms with E-state index in [1.54, 1.807) is 30.5 Å². The van der Waals surface area contributed by atoms with Crippen molar-refractivity contribution < 1.29 is 23.1 Å². The number of hydrogen-bond donors (Lipinski definition) is 3. The summed E-state index contributed by atoms with van der Waals surface area (Å²) >= 11 is 0. The highest BCUT2D eigenvalue weighted by Gasteiger charge is 2.23. The maximum absolute atomic E-state index is 11.3. The number of piperidine rings is 1. The Kier molecular flexibility index (Phi) is 7.52. The van der Waals surface area contributed by atoms with Crippen molar-refractivity contribution in [2.24, 2.45) is 0 Å². The highest BCUT2D eigenvalue weighted by Crippen LogP contribution is 2.33. The van der Waals surface area contributed by atoms with Crippen LogP contribution in [-0.4, -0.2) is 48.8 Å². The second-order valence-electron chi connectivity index (χ2n) is 8.57. The summed E-state index contributed by atoms with van der Waals surface area (Å²) in [5, 5.41) is 11.6. The molecule has 10 heteroatoms. The van der Waals surface area contributed by atoms with Crippen LogP contribution in [0.15, 0.2) is 66.9 Å². The van der Waals surface area contributed by atoms with E-state index in [0.717, 1.165) is 49.9 Å². The monoisotopic (exact) mass is 496 g/mol. The molecule has 3 aromatic rings. The lowest BCUT2D eigenvalue weighted by atomic mass is 9.88. The number of sulfonamides is 1. The highest BCUT2D eigenvalue weighted by atomic mass is 32.2. The third-order valence-corrected chi connectivity index (χ3v) is 6.42. The summed E-state index contributed by atoms with van der Waals surface area (Å²) < 4.78 is 30.8. The molecule has 0 saturated carbocycles. The van der Waals surface area contributed by atoms with Crippen LogP contribution in [0.25, 0.3) is 0 Å². The van der Waals surface area contributed by atoms with Gasteiger partial charge in [0, 0.05) is 30.2 Å². The Bertz CT molecular complexity index is 1260. The number of para-hydroxylation sites is 1. The number of pyridine rings is 1. The predicted molar refractivity (Wildman–Crippen MR) is 135 cm³/mol. The van der Waals surface area contributed by atoms with E-state index in [1.165, 1.54) is 0 Å². The topological polar surface area (TPSA) is 121 Å². The van der Waals surface area contributed by atoms with Crippen LogP contribution >= 0.6 is 0 Å². The van der Waals surface area contributed by atoms with Gasteiger partial charge in [0.1, 0.15) is 5.75 Å². The Balaban J connectivity index is 1.29. The lowest BCUT2D eigenvalue weighted by molar-refractivity contribution is 0.204. The number of likely N-dealkylation sites (tertiary alicyclic amines) is 1. The molecule has 0 spiro atoms. The number of nitrogens with zero attached hydrogens (tertiary/aromatic N) is 2. The molecule has 2 heterocycles. The summed E-state index contributed by atoms with van der Waals surface area (Å²) in [6.45, 7) is 2.61. The lowest BCUT2D eigenvalue weighted by Gasteiger charge is -2.32. The standard InChI is InChI=1S/C25H28N4O5S/c1-35(32,33)28-20-7-9-21(10-8-20)34-24-11-6-18(16-26-24)17-29-14-12-19(13-15-29)22-4-2-3-5-23(22)27-25(30)31/h2-11,16,19,27-28H,12-15,17H2,1H3,(H,30,31). The van der Waals surface area contributed by atoms with Crippen molar-refractivity contribution in [3.05, 3.63) is 78.0 Å². The minimum atomic E-state index is -3.32. The van der Waals surface area contributed by atoms with Gasteiger partial charge >= 0.3 is 6.09 Å². The second-order valence-corrected chi connectivity index (χ2v) is 10.3. The third kappa shape index (κ3) is 7.17. The van der Waals surface area contributed by atoms with E-state index in [2.05, 4.69) is 19.9 Å². The van der Waals surface area contributed by atoms with Crippen molar-refractivity contribution in [3.63, 3.8) is 0 Å². The van der Waals surface area contributed by atoms with E-state index in [9.17, 15) is 13.2 Å². The first kappa shape index (κ1) is 24.5. The summed E-state index contributed by atoms with van der Waals surface area (Å²) in [6.07, 6.45) is 3.77. The predicted octanol–water partition coefficient (Wildman–Crippen LogP) is 4.71. The Morgan fingerprint density at radius 1 is 1.09 bits per heavy atom. The van der Waals surface area contributed by atoms with Crippen molar-refractivity contribution in [1.29, 1.82) is 0 Å². The molecule has 1 aliphatic heterocycles. The number of carbonyl (C=O) groups is 1. The van der Waals surface area contributed by atoms with E-state index < -0.39 is 16.1 Å². The molecular weight excluding hydrogens is 468 g/mol. The molecule has 35 heavy (non-hydrogen) atoms. The van der Waals surface area contributed by atoms with Crippen LogP contribution in [0.1, 0.15) is 29.9 Å². The summed E-state index contributed by atoms with van der Waals surface area (Å²) in [6, 6.07) is 18.0. The second kappa shape index (κ2) is 10.7. The number of nitrogens with one attached hydrogen (secondary N) is 2. The quantitative estimate of drug-likeness (QED) is 0.413. The molecule has 0 atom stereocenters. The molecule has 1 amide bonds. The smallest absolute Gasteiger partial charge is 0.409 e. The van der Waals surface area contributed by atoms with Crippen LogP contribution in [0.2, 0.25) is 0 Å². The maximum atomic E-state index is 11.3. The number of ether oxygens (including phenoxy) is 1. The first-order chi connectivity index (χ1) is 16.7. The van der Waals surface area contributed by atoms with Gasteiger partial charge in [0.15, 0.2) is 0 Å². The van der Waals surface area contributed by atoms with Gasteiger partial charge in [-0.3, -0.25) is 14.9 Å². The Morgan fingerprint density at radius 3 is 2.43 bits per heavy atom. The molecular formula is C25H28N4O5S. The van der Waals surface area contributed by atoms with Crippen LogP contribution in [0.5, 0.6) is 11.6 Å². The third-order valence-electron chi connectivity index (χ3n) is 5.81. The van der Waals surface area contributed by atoms with Crippen LogP contribution in [-0.2, 0) is 16.6 Å². The van der Waals surface area contributed by atoms with Crippen molar-refractivity contribution >= 4 is 27.5 Å². The van der Waals surface area contributed by atoms with Crippen LogP contribution in [0, 0.1) is 0 Å². The lowest BCUT2D eigenvalue weighted by Crippen LogP contribution is -2.32. The number of aromatic nitrogens is 1.